The van der Waals surface area contributed by atoms with Gasteiger partial charge in [0.05, 0.1) is 5.56 Å². The number of rotatable bonds is 9. The van der Waals surface area contributed by atoms with Crippen molar-refractivity contribution in [2.24, 2.45) is 0 Å². The Hall–Kier alpha value is -6.25. The average Bonchev–Trinajstić information content (AvgIpc) is 3.29. The molecule has 0 bridgehead atoms. The summed E-state index contributed by atoms with van der Waals surface area (Å²) in [5, 5.41) is 17.3. The lowest BCUT2D eigenvalue weighted by molar-refractivity contribution is 0.0696. The monoisotopic (exact) mass is 569 g/mol. The Kier molecular flexibility index (Phi) is 6.98. The van der Waals surface area contributed by atoms with Crippen LogP contribution in [-0.2, 0) is 13.1 Å². The molecule has 0 saturated heterocycles. The minimum Gasteiger partial charge on any atom is -0.478 e. The van der Waals surface area contributed by atoms with Crippen molar-refractivity contribution < 1.29 is 19.5 Å². The molecule has 2 aromatic heterocycles. The summed E-state index contributed by atoms with van der Waals surface area (Å²) in [5.74, 6) is -2.50. The molecule has 0 radical (unpaired) electrons. The number of aromatic carboxylic acids is 1. The number of aromatic nitrogens is 3. The number of nitrogens with two attached hydrogens (primary N) is 3. The molecular weight excluding hydrogens is 546 g/mol. The zero-order valence-corrected chi connectivity index (χ0v) is 21.7. The van der Waals surface area contributed by atoms with Gasteiger partial charge in [-0.1, -0.05) is 24.3 Å². The summed E-state index contributed by atoms with van der Waals surface area (Å²) in [4.78, 5) is 68.6. The van der Waals surface area contributed by atoms with Crippen molar-refractivity contribution in [1.82, 2.24) is 25.0 Å². The summed E-state index contributed by atoms with van der Waals surface area (Å²) in [6.45, 7) is 0.105. The van der Waals surface area contributed by atoms with E-state index in [-0.39, 0.29) is 58.8 Å². The van der Waals surface area contributed by atoms with Gasteiger partial charge in [0.1, 0.15) is 22.8 Å². The lowest BCUT2D eigenvalue weighted by Gasteiger charge is -2.13. The lowest BCUT2D eigenvalue weighted by Crippen LogP contribution is -2.36. The zero-order valence-electron chi connectivity index (χ0n) is 21.7. The second-order valence-electron chi connectivity index (χ2n) is 9.18. The first kappa shape index (κ1) is 27.3. The number of nitrogens with zero attached hydrogens (tertiary/aromatic N) is 3. The molecule has 0 saturated carbocycles. The van der Waals surface area contributed by atoms with Crippen LogP contribution in [0.15, 0.2) is 64.2 Å². The standard InChI is InChI=1S/C27H23N9O6/c28-18-19(21(38)20(18)37)33-15-3-1-2-13(8-15)11-32-25(40)17-9-16(34-23-22(29)35-27(30)36(17)23)24(39)31-10-12-4-6-14(7-5-12)26(41)42/h1-9,33H,10-11,28-29H2,(H2,30,35)(H,31,39)(H,32,40)(H,41,42). The molecule has 0 aliphatic rings. The van der Waals surface area contributed by atoms with Crippen molar-refractivity contribution in [2.45, 2.75) is 13.1 Å². The molecule has 10 N–H and O–H groups in total. The van der Waals surface area contributed by atoms with Crippen molar-refractivity contribution in [2.75, 3.05) is 22.5 Å². The van der Waals surface area contributed by atoms with Crippen LogP contribution in [0.5, 0.6) is 0 Å². The summed E-state index contributed by atoms with van der Waals surface area (Å²) in [7, 11) is 0. The Morgan fingerprint density at radius 1 is 0.833 bits per heavy atom. The number of anilines is 5. The van der Waals surface area contributed by atoms with Crippen LogP contribution in [0.2, 0.25) is 0 Å². The molecule has 2 heterocycles. The number of benzene rings is 2. The molecule has 0 fully saturated rings. The number of carboxylic acids is 1. The molecule has 42 heavy (non-hydrogen) atoms. The molecule has 5 aromatic rings. The third-order valence-electron chi connectivity index (χ3n) is 6.36. The van der Waals surface area contributed by atoms with E-state index in [4.69, 9.17) is 22.3 Å². The predicted molar refractivity (Wildman–Crippen MR) is 153 cm³/mol. The van der Waals surface area contributed by atoms with Crippen molar-refractivity contribution in [3.63, 3.8) is 0 Å². The van der Waals surface area contributed by atoms with Crippen LogP contribution in [0.25, 0.3) is 5.65 Å². The third-order valence-corrected chi connectivity index (χ3v) is 6.36. The van der Waals surface area contributed by atoms with Crippen molar-refractivity contribution in [3.8, 4) is 0 Å². The predicted octanol–water partition coefficient (Wildman–Crippen LogP) is 0.374. The molecule has 0 aliphatic heterocycles. The minimum absolute atomic E-state index is 0.00730. The Balaban J connectivity index is 1.33. The Labute approximate surface area is 235 Å². The number of fused-ring (bicyclic) bond motifs is 1. The summed E-state index contributed by atoms with van der Waals surface area (Å²) in [6.07, 6.45) is 0. The first-order chi connectivity index (χ1) is 20.0. The van der Waals surface area contributed by atoms with E-state index in [9.17, 15) is 24.0 Å². The minimum atomic E-state index is -1.07. The van der Waals surface area contributed by atoms with E-state index in [2.05, 4.69) is 25.9 Å². The molecule has 0 unspecified atom stereocenters. The second-order valence-corrected chi connectivity index (χ2v) is 9.18. The fourth-order valence-electron chi connectivity index (χ4n) is 4.16. The van der Waals surface area contributed by atoms with E-state index < -0.39 is 28.6 Å². The van der Waals surface area contributed by atoms with E-state index in [1.807, 2.05) is 0 Å². The number of carbonyl (C=O) groups excluding carboxylic acids is 2. The number of imidazole rings is 1. The number of amides is 2. The van der Waals surface area contributed by atoms with Gasteiger partial charge in [0, 0.05) is 18.8 Å². The maximum atomic E-state index is 13.3. The number of carbonyl (C=O) groups is 3. The number of hydrogen-bond donors (Lipinski definition) is 7. The largest absolute Gasteiger partial charge is 0.478 e. The lowest BCUT2D eigenvalue weighted by atomic mass is 10.1. The van der Waals surface area contributed by atoms with Gasteiger partial charge >= 0.3 is 5.97 Å². The van der Waals surface area contributed by atoms with Gasteiger partial charge in [-0.25, -0.2) is 9.78 Å². The smallest absolute Gasteiger partial charge is 0.335 e. The highest BCUT2D eigenvalue weighted by Crippen LogP contribution is 2.21. The fourth-order valence-corrected chi connectivity index (χ4v) is 4.16. The molecule has 3 aromatic carbocycles. The van der Waals surface area contributed by atoms with E-state index in [0.717, 1.165) is 0 Å². The second kappa shape index (κ2) is 10.7. The molecule has 5 rings (SSSR count). The molecule has 0 atom stereocenters. The zero-order chi connectivity index (χ0) is 30.1. The molecule has 15 nitrogen and oxygen atoms in total. The number of nitrogen functional groups attached to an aromatic ring is 3. The van der Waals surface area contributed by atoms with E-state index in [0.29, 0.717) is 16.8 Å². The Bertz CT molecular complexity index is 1960. The van der Waals surface area contributed by atoms with Gasteiger partial charge in [-0.05, 0) is 41.5 Å². The van der Waals surface area contributed by atoms with E-state index in [1.165, 1.54) is 22.6 Å². The number of nitrogens with one attached hydrogen (secondary N) is 3. The Morgan fingerprint density at radius 3 is 2.21 bits per heavy atom. The van der Waals surface area contributed by atoms with Gasteiger partial charge in [0.2, 0.25) is 5.95 Å². The van der Waals surface area contributed by atoms with Gasteiger partial charge in [0.15, 0.2) is 11.5 Å². The first-order valence-electron chi connectivity index (χ1n) is 12.3. The normalized spacial score (nSPS) is 11.0. The van der Waals surface area contributed by atoms with Crippen LogP contribution < -0.4 is 44.0 Å². The van der Waals surface area contributed by atoms with Gasteiger partial charge in [-0.15, -0.1) is 0 Å². The van der Waals surface area contributed by atoms with Crippen LogP contribution in [0, 0.1) is 0 Å². The summed E-state index contributed by atoms with van der Waals surface area (Å²) >= 11 is 0. The molecule has 15 heteroatoms. The van der Waals surface area contributed by atoms with Crippen molar-refractivity contribution in [3.05, 3.63) is 103 Å². The third kappa shape index (κ3) is 5.16. The molecule has 0 spiro atoms. The molecule has 0 aliphatic carbocycles. The van der Waals surface area contributed by atoms with Crippen LogP contribution in [0.4, 0.5) is 28.8 Å². The Morgan fingerprint density at radius 2 is 1.52 bits per heavy atom. The topological polar surface area (TPSA) is 250 Å². The maximum absolute atomic E-state index is 13.3. The maximum Gasteiger partial charge on any atom is 0.335 e. The van der Waals surface area contributed by atoms with E-state index in [1.54, 1.807) is 36.4 Å². The highest BCUT2D eigenvalue weighted by atomic mass is 16.4. The van der Waals surface area contributed by atoms with Crippen molar-refractivity contribution in [1.29, 1.82) is 0 Å². The molecule has 212 valence electrons. The van der Waals surface area contributed by atoms with Gasteiger partial charge in [0.25, 0.3) is 22.7 Å². The summed E-state index contributed by atoms with van der Waals surface area (Å²) < 4.78 is 1.22. The van der Waals surface area contributed by atoms with Crippen LogP contribution in [0.3, 0.4) is 0 Å². The van der Waals surface area contributed by atoms with Crippen molar-refractivity contribution >= 4 is 52.3 Å². The van der Waals surface area contributed by atoms with Crippen LogP contribution in [0.1, 0.15) is 42.5 Å². The highest BCUT2D eigenvalue weighted by Gasteiger charge is 2.22. The molecular formula is C27H23N9O6. The number of hydrogen-bond acceptors (Lipinski definition) is 11. The quantitative estimate of drug-likeness (QED) is 0.119. The van der Waals surface area contributed by atoms with Crippen LogP contribution in [-0.4, -0.2) is 37.3 Å². The number of carboxylic acid groups (broad SMARTS) is 1. The SMILES string of the molecule is Nc1c(Nc2cccc(CNC(=O)c3cc(C(=O)NCc4ccc(C(=O)O)cc4)nc4c(N)nc(N)n34)c2)c(=O)c1=O. The summed E-state index contributed by atoms with van der Waals surface area (Å²) in [6, 6.07) is 13.9. The molecule has 2 amide bonds. The fraction of sp³-hybridized carbons (Fsp3) is 0.0741. The summed E-state index contributed by atoms with van der Waals surface area (Å²) in [5.41, 5.74) is 17.6. The van der Waals surface area contributed by atoms with Gasteiger partial charge in [-0.2, -0.15) is 4.98 Å². The van der Waals surface area contributed by atoms with E-state index >= 15 is 0 Å². The first-order valence-corrected chi connectivity index (χ1v) is 12.3. The van der Waals surface area contributed by atoms with Gasteiger partial charge < -0.3 is 38.3 Å². The van der Waals surface area contributed by atoms with Gasteiger partial charge in [-0.3, -0.25) is 23.6 Å². The van der Waals surface area contributed by atoms with Crippen LogP contribution >= 0.6 is 0 Å². The highest BCUT2D eigenvalue weighted by molar-refractivity contribution is 5.99. The average molecular weight is 570 g/mol.